The molecule has 1 rings (SSSR count). The van der Waals surface area contributed by atoms with Gasteiger partial charge in [-0.05, 0) is 30.5 Å². The van der Waals surface area contributed by atoms with Crippen LogP contribution in [-0.4, -0.2) is 25.0 Å². The van der Waals surface area contributed by atoms with Crippen molar-refractivity contribution in [3.63, 3.8) is 0 Å². The lowest BCUT2D eigenvalue weighted by molar-refractivity contribution is -0.126. The second kappa shape index (κ2) is 8.42. The Kier molecular flexibility index (Phi) is 6.88. The second-order valence-electron chi connectivity index (χ2n) is 5.51. The molecule has 0 heterocycles. The van der Waals surface area contributed by atoms with Gasteiger partial charge in [0.25, 0.3) is 0 Å². The van der Waals surface area contributed by atoms with Crippen LogP contribution in [0, 0.1) is 5.92 Å². The molecule has 0 aliphatic rings. The Bertz CT molecular complexity index is 469. The molecule has 5 nitrogen and oxygen atoms in total. The van der Waals surface area contributed by atoms with Gasteiger partial charge >= 0.3 is 0 Å². The maximum absolute atomic E-state index is 12.0. The van der Waals surface area contributed by atoms with Crippen molar-refractivity contribution in [2.75, 3.05) is 12.4 Å². The highest BCUT2D eigenvalue weighted by molar-refractivity contribution is 5.96. The Balaban J connectivity index is 2.49. The fourth-order valence-corrected chi connectivity index (χ4v) is 1.84. The van der Waals surface area contributed by atoms with Gasteiger partial charge in [0, 0.05) is 19.2 Å². The van der Waals surface area contributed by atoms with Crippen molar-refractivity contribution in [3.05, 3.63) is 29.8 Å². The predicted molar refractivity (Wildman–Crippen MR) is 82.8 cm³/mol. The van der Waals surface area contributed by atoms with Crippen molar-refractivity contribution in [2.45, 2.75) is 39.8 Å². The Labute approximate surface area is 126 Å². The van der Waals surface area contributed by atoms with E-state index in [1.54, 1.807) is 14.0 Å². The van der Waals surface area contributed by atoms with Crippen molar-refractivity contribution in [1.82, 2.24) is 5.32 Å². The van der Waals surface area contributed by atoms with Crippen LogP contribution in [0.5, 0.6) is 0 Å². The molecule has 0 fully saturated rings. The van der Waals surface area contributed by atoms with E-state index in [4.69, 9.17) is 4.74 Å². The normalized spacial score (nSPS) is 12.0. The molecule has 0 saturated carbocycles. The minimum atomic E-state index is -0.560. The van der Waals surface area contributed by atoms with Gasteiger partial charge in [0.15, 0.2) is 0 Å². The summed E-state index contributed by atoms with van der Waals surface area (Å²) < 4.78 is 5.03. The minimum absolute atomic E-state index is 0.108. The summed E-state index contributed by atoms with van der Waals surface area (Å²) in [6.45, 7) is 6.14. The van der Waals surface area contributed by atoms with Crippen LogP contribution < -0.4 is 10.6 Å². The van der Waals surface area contributed by atoms with E-state index in [1.165, 1.54) is 0 Å². The van der Waals surface area contributed by atoms with Gasteiger partial charge in [-0.3, -0.25) is 9.59 Å². The summed E-state index contributed by atoms with van der Waals surface area (Å²) in [4.78, 5) is 23.6. The molecule has 1 aromatic carbocycles. The average Bonchev–Trinajstić information content (AvgIpc) is 2.40. The smallest absolute Gasteiger partial charge is 0.246 e. The third-order valence-electron chi connectivity index (χ3n) is 2.90. The molecule has 0 bridgehead atoms. The lowest BCUT2D eigenvalue weighted by atomic mass is 10.1. The SMILES string of the molecule is COCc1ccc(NC(=O)C(C)NC(=O)CC(C)C)cc1. The fraction of sp³-hybridized carbons (Fsp3) is 0.500. The van der Waals surface area contributed by atoms with E-state index in [0.717, 1.165) is 5.56 Å². The lowest BCUT2D eigenvalue weighted by Crippen LogP contribution is -2.41. The van der Waals surface area contributed by atoms with Crippen molar-refractivity contribution < 1.29 is 14.3 Å². The number of nitrogens with one attached hydrogen (secondary N) is 2. The predicted octanol–water partition coefficient (Wildman–Crippen LogP) is 2.32. The molecular formula is C16H24N2O3. The number of hydrogen-bond acceptors (Lipinski definition) is 3. The van der Waals surface area contributed by atoms with Gasteiger partial charge in [0.2, 0.25) is 11.8 Å². The molecule has 21 heavy (non-hydrogen) atoms. The molecule has 0 aliphatic carbocycles. The Morgan fingerprint density at radius 2 is 1.76 bits per heavy atom. The molecule has 0 radical (unpaired) electrons. The van der Waals surface area contributed by atoms with Crippen LogP contribution >= 0.6 is 0 Å². The van der Waals surface area contributed by atoms with E-state index in [-0.39, 0.29) is 17.7 Å². The first-order chi connectivity index (χ1) is 9.92. The van der Waals surface area contributed by atoms with Gasteiger partial charge < -0.3 is 15.4 Å². The van der Waals surface area contributed by atoms with Crippen LogP contribution in [-0.2, 0) is 20.9 Å². The van der Waals surface area contributed by atoms with Gasteiger partial charge in [-0.25, -0.2) is 0 Å². The van der Waals surface area contributed by atoms with E-state index in [9.17, 15) is 9.59 Å². The molecule has 0 spiro atoms. The van der Waals surface area contributed by atoms with E-state index in [0.29, 0.717) is 18.7 Å². The van der Waals surface area contributed by atoms with Gasteiger partial charge in [-0.15, -0.1) is 0 Å². The Morgan fingerprint density at radius 1 is 1.14 bits per heavy atom. The molecule has 1 unspecified atom stereocenters. The summed E-state index contributed by atoms with van der Waals surface area (Å²) in [6.07, 6.45) is 0.420. The molecule has 0 aromatic heterocycles. The first-order valence-electron chi connectivity index (χ1n) is 7.10. The van der Waals surface area contributed by atoms with E-state index >= 15 is 0 Å². The van der Waals surface area contributed by atoms with Gasteiger partial charge in [0.05, 0.1) is 6.61 Å². The summed E-state index contributed by atoms with van der Waals surface area (Å²) in [5.41, 5.74) is 1.73. The Morgan fingerprint density at radius 3 is 2.29 bits per heavy atom. The van der Waals surface area contributed by atoms with Crippen LogP contribution in [0.25, 0.3) is 0 Å². The molecule has 0 aliphatic heterocycles. The Hall–Kier alpha value is -1.88. The van der Waals surface area contributed by atoms with Crippen LogP contribution in [0.2, 0.25) is 0 Å². The molecular weight excluding hydrogens is 268 g/mol. The zero-order chi connectivity index (χ0) is 15.8. The van der Waals surface area contributed by atoms with Crippen LogP contribution in [0.15, 0.2) is 24.3 Å². The summed E-state index contributed by atoms with van der Waals surface area (Å²) in [5, 5.41) is 5.47. The highest BCUT2D eigenvalue weighted by atomic mass is 16.5. The molecule has 2 N–H and O–H groups in total. The highest BCUT2D eigenvalue weighted by Gasteiger charge is 2.16. The number of carbonyl (C=O) groups is 2. The van der Waals surface area contributed by atoms with E-state index in [2.05, 4.69) is 10.6 Å². The summed E-state index contributed by atoms with van der Waals surface area (Å²) in [6, 6.07) is 6.85. The number of benzene rings is 1. The fourth-order valence-electron chi connectivity index (χ4n) is 1.84. The van der Waals surface area contributed by atoms with Gasteiger partial charge in [0.1, 0.15) is 6.04 Å². The number of ether oxygens (including phenoxy) is 1. The zero-order valence-electron chi connectivity index (χ0n) is 13.1. The number of hydrogen-bond donors (Lipinski definition) is 2. The average molecular weight is 292 g/mol. The number of amides is 2. The monoisotopic (exact) mass is 292 g/mol. The van der Waals surface area contributed by atoms with E-state index in [1.807, 2.05) is 38.1 Å². The topological polar surface area (TPSA) is 67.4 Å². The highest BCUT2D eigenvalue weighted by Crippen LogP contribution is 2.10. The molecule has 116 valence electrons. The summed E-state index contributed by atoms with van der Waals surface area (Å²) in [7, 11) is 1.64. The maximum atomic E-state index is 12.0. The zero-order valence-corrected chi connectivity index (χ0v) is 13.1. The second-order valence-corrected chi connectivity index (χ2v) is 5.51. The van der Waals surface area contributed by atoms with Crippen molar-refractivity contribution >= 4 is 17.5 Å². The first kappa shape index (κ1) is 17.2. The summed E-state index contributed by atoms with van der Waals surface area (Å²) >= 11 is 0. The third-order valence-corrected chi connectivity index (χ3v) is 2.90. The lowest BCUT2D eigenvalue weighted by Gasteiger charge is -2.15. The third kappa shape index (κ3) is 6.40. The molecule has 1 aromatic rings. The molecule has 1 atom stereocenters. The van der Waals surface area contributed by atoms with Crippen molar-refractivity contribution in [2.24, 2.45) is 5.92 Å². The van der Waals surface area contributed by atoms with E-state index < -0.39 is 6.04 Å². The quantitative estimate of drug-likeness (QED) is 0.810. The number of anilines is 1. The van der Waals surface area contributed by atoms with Crippen LogP contribution in [0.4, 0.5) is 5.69 Å². The van der Waals surface area contributed by atoms with Crippen molar-refractivity contribution in [1.29, 1.82) is 0 Å². The number of carbonyl (C=O) groups excluding carboxylic acids is 2. The largest absolute Gasteiger partial charge is 0.380 e. The standard InChI is InChI=1S/C16H24N2O3/c1-11(2)9-15(19)17-12(3)16(20)18-14-7-5-13(6-8-14)10-21-4/h5-8,11-12H,9-10H2,1-4H3,(H,17,19)(H,18,20). The van der Waals surface area contributed by atoms with Gasteiger partial charge in [-0.2, -0.15) is 0 Å². The maximum Gasteiger partial charge on any atom is 0.246 e. The molecule has 2 amide bonds. The van der Waals surface area contributed by atoms with Crippen LogP contribution in [0.3, 0.4) is 0 Å². The van der Waals surface area contributed by atoms with Crippen LogP contribution in [0.1, 0.15) is 32.8 Å². The minimum Gasteiger partial charge on any atom is -0.380 e. The summed E-state index contributed by atoms with van der Waals surface area (Å²) in [5.74, 6) is -0.0664. The number of methoxy groups -OCH3 is 1. The molecule has 0 saturated heterocycles. The number of rotatable bonds is 7. The molecule has 5 heteroatoms. The first-order valence-corrected chi connectivity index (χ1v) is 7.10. The van der Waals surface area contributed by atoms with Gasteiger partial charge in [-0.1, -0.05) is 26.0 Å². The van der Waals surface area contributed by atoms with Crippen molar-refractivity contribution in [3.8, 4) is 0 Å².